The van der Waals surface area contributed by atoms with Crippen molar-refractivity contribution in [3.05, 3.63) is 0 Å². The second kappa shape index (κ2) is 8.74. The van der Waals surface area contributed by atoms with Crippen LogP contribution in [0.5, 0.6) is 0 Å². The molecule has 7 nitrogen and oxygen atoms in total. The van der Waals surface area contributed by atoms with Gasteiger partial charge in [-0.1, -0.05) is 0 Å². The molecule has 0 aliphatic heterocycles. The third-order valence-electron chi connectivity index (χ3n) is 3.06. The van der Waals surface area contributed by atoms with Crippen LogP contribution in [0.1, 0.15) is 41.5 Å². The number of carbonyl (C=O) groups is 2. The number of hydrogen-bond acceptors (Lipinski definition) is 3. The maximum absolute atomic E-state index is 12.0. The van der Waals surface area contributed by atoms with Gasteiger partial charge in [-0.2, -0.15) is 0 Å². The molecule has 134 valence electrons. The summed E-state index contributed by atoms with van der Waals surface area (Å²) in [7, 11) is 3.42. The molecule has 0 aromatic heterocycles. The highest BCUT2D eigenvalue weighted by molar-refractivity contribution is 5.87. The zero-order valence-electron chi connectivity index (χ0n) is 15.8. The van der Waals surface area contributed by atoms with Gasteiger partial charge in [0.1, 0.15) is 0 Å². The van der Waals surface area contributed by atoms with E-state index in [1.54, 1.807) is 19.0 Å². The average molecular weight is 327 g/mol. The van der Waals surface area contributed by atoms with Crippen molar-refractivity contribution in [2.75, 3.05) is 33.7 Å². The minimum absolute atomic E-state index is 0.0646. The molecular formula is C16H33N5O2. The number of likely N-dealkylation sites (N-methyl/N-ethyl adjacent to an activating group) is 1. The van der Waals surface area contributed by atoms with Crippen molar-refractivity contribution in [2.45, 2.75) is 47.1 Å². The van der Waals surface area contributed by atoms with Gasteiger partial charge >= 0.3 is 0 Å². The fourth-order valence-electron chi connectivity index (χ4n) is 1.90. The highest BCUT2D eigenvalue weighted by Crippen LogP contribution is 2.15. The monoisotopic (exact) mass is 327 g/mol. The van der Waals surface area contributed by atoms with Gasteiger partial charge in [0.2, 0.25) is 11.8 Å². The van der Waals surface area contributed by atoms with Crippen LogP contribution in [-0.4, -0.2) is 61.9 Å². The number of carbonyl (C=O) groups excluding carboxylic acids is 2. The number of amides is 2. The second-order valence-electron chi connectivity index (χ2n) is 7.29. The lowest BCUT2D eigenvalue weighted by molar-refractivity contribution is -0.128. The van der Waals surface area contributed by atoms with Crippen molar-refractivity contribution in [1.82, 2.24) is 20.9 Å². The predicted octanol–water partition coefficient (Wildman–Crippen LogP) is 0.571. The summed E-state index contributed by atoms with van der Waals surface area (Å²) in [5, 5.41) is 8.71. The number of rotatable bonds is 6. The Morgan fingerprint density at radius 3 is 2.13 bits per heavy atom. The molecule has 0 saturated heterocycles. The van der Waals surface area contributed by atoms with Gasteiger partial charge in [0.05, 0.1) is 18.5 Å². The van der Waals surface area contributed by atoms with E-state index in [9.17, 15) is 9.59 Å². The third kappa shape index (κ3) is 8.42. The van der Waals surface area contributed by atoms with Crippen molar-refractivity contribution in [3.8, 4) is 0 Å². The smallest absolute Gasteiger partial charge is 0.240 e. The Hall–Kier alpha value is -1.79. The first-order chi connectivity index (χ1) is 10.4. The molecule has 0 aromatic rings. The van der Waals surface area contributed by atoms with Gasteiger partial charge in [-0.05, 0) is 41.5 Å². The number of hydrogen-bond donors (Lipinski definition) is 3. The predicted molar refractivity (Wildman–Crippen MR) is 94.4 cm³/mol. The van der Waals surface area contributed by atoms with Crippen LogP contribution < -0.4 is 16.0 Å². The fraction of sp³-hybridized carbons (Fsp3) is 0.812. The number of nitrogens with zero attached hydrogens (tertiary/aromatic N) is 2. The minimum atomic E-state index is -0.607. The molecule has 0 radical (unpaired) electrons. The number of guanidine groups is 1. The molecule has 0 fully saturated rings. The third-order valence-corrected chi connectivity index (χ3v) is 3.06. The molecule has 7 heteroatoms. The van der Waals surface area contributed by atoms with Gasteiger partial charge in [-0.25, -0.2) is 0 Å². The first kappa shape index (κ1) is 21.2. The molecule has 0 aliphatic carbocycles. The molecule has 0 aliphatic rings. The highest BCUT2D eigenvalue weighted by atomic mass is 16.2. The molecule has 0 heterocycles. The van der Waals surface area contributed by atoms with Gasteiger partial charge < -0.3 is 20.9 Å². The van der Waals surface area contributed by atoms with Crippen LogP contribution in [0.2, 0.25) is 0 Å². The number of nitrogens with one attached hydrogen (secondary N) is 3. The second-order valence-corrected chi connectivity index (χ2v) is 7.29. The summed E-state index contributed by atoms with van der Waals surface area (Å²) in [5.74, 6) is 0.468. The van der Waals surface area contributed by atoms with E-state index >= 15 is 0 Å². The molecule has 0 unspecified atom stereocenters. The van der Waals surface area contributed by atoms with E-state index < -0.39 is 5.41 Å². The lowest BCUT2D eigenvalue weighted by Gasteiger charge is -2.26. The molecule has 0 aromatic carbocycles. The van der Waals surface area contributed by atoms with Crippen LogP contribution in [0.15, 0.2) is 4.99 Å². The summed E-state index contributed by atoms with van der Waals surface area (Å²) in [4.78, 5) is 30.1. The van der Waals surface area contributed by atoms with E-state index in [2.05, 4.69) is 20.9 Å². The molecule has 0 spiro atoms. The summed E-state index contributed by atoms with van der Waals surface area (Å²) in [5.41, 5.74) is -0.876. The largest absolute Gasteiger partial charge is 0.359 e. The van der Waals surface area contributed by atoms with Crippen molar-refractivity contribution in [2.24, 2.45) is 10.4 Å². The molecule has 2 amide bonds. The van der Waals surface area contributed by atoms with Gasteiger partial charge in [-0.15, -0.1) is 0 Å². The maximum atomic E-state index is 12.0. The van der Waals surface area contributed by atoms with Crippen LogP contribution in [0.4, 0.5) is 0 Å². The molecule has 23 heavy (non-hydrogen) atoms. The first-order valence-corrected chi connectivity index (χ1v) is 7.95. The summed E-state index contributed by atoms with van der Waals surface area (Å²) >= 11 is 0. The summed E-state index contributed by atoms with van der Waals surface area (Å²) in [6.45, 7) is 12.7. The molecule has 0 atom stereocenters. The Bertz CT molecular complexity index is 438. The Kier molecular flexibility index (Phi) is 8.06. The lowest BCUT2D eigenvalue weighted by atomic mass is 9.93. The van der Waals surface area contributed by atoms with Gasteiger partial charge in [0.25, 0.3) is 0 Å². The SMILES string of the molecule is CCNC(=NCC(C)(C)C(=O)NC)N(C)CC(=O)NC(C)(C)C. The quantitative estimate of drug-likeness (QED) is 0.492. The van der Waals surface area contributed by atoms with Crippen LogP contribution in [-0.2, 0) is 9.59 Å². The Balaban J connectivity index is 4.92. The standard InChI is InChI=1S/C16H33N5O2/c1-9-18-14(19-11-16(5,6)13(23)17-7)21(8)10-12(22)20-15(2,3)4/h9-11H2,1-8H3,(H,17,23)(H,18,19)(H,20,22). The fourth-order valence-corrected chi connectivity index (χ4v) is 1.90. The normalized spacial score (nSPS) is 12.6. The van der Waals surface area contributed by atoms with E-state index in [1.165, 1.54) is 0 Å². The molecule has 0 bridgehead atoms. The van der Waals surface area contributed by atoms with Gasteiger partial charge in [0.15, 0.2) is 5.96 Å². The molecule has 0 saturated carbocycles. The van der Waals surface area contributed by atoms with Gasteiger partial charge in [-0.3, -0.25) is 14.6 Å². The topological polar surface area (TPSA) is 85.8 Å². The van der Waals surface area contributed by atoms with Crippen molar-refractivity contribution >= 4 is 17.8 Å². The average Bonchev–Trinajstić information content (AvgIpc) is 2.39. The highest BCUT2D eigenvalue weighted by Gasteiger charge is 2.26. The zero-order valence-corrected chi connectivity index (χ0v) is 15.8. The number of aliphatic imine (C=N–C) groups is 1. The van der Waals surface area contributed by atoms with Crippen LogP contribution in [0.25, 0.3) is 0 Å². The molecular weight excluding hydrogens is 294 g/mol. The minimum Gasteiger partial charge on any atom is -0.359 e. The van der Waals surface area contributed by atoms with Crippen LogP contribution in [0.3, 0.4) is 0 Å². The summed E-state index contributed by atoms with van der Waals surface area (Å²) in [6, 6.07) is 0. The molecule has 0 rings (SSSR count). The van der Waals surface area contributed by atoms with E-state index in [0.717, 1.165) is 0 Å². The van der Waals surface area contributed by atoms with E-state index in [4.69, 9.17) is 0 Å². The van der Waals surface area contributed by atoms with E-state index in [0.29, 0.717) is 19.0 Å². The van der Waals surface area contributed by atoms with E-state index in [-0.39, 0.29) is 23.9 Å². The van der Waals surface area contributed by atoms with Crippen molar-refractivity contribution in [1.29, 1.82) is 0 Å². The van der Waals surface area contributed by atoms with Crippen molar-refractivity contribution in [3.63, 3.8) is 0 Å². The lowest BCUT2D eigenvalue weighted by Crippen LogP contribution is -2.49. The van der Waals surface area contributed by atoms with E-state index in [1.807, 2.05) is 41.5 Å². The first-order valence-electron chi connectivity index (χ1n) is 7.95. The van der Waals surface area contributed by atoms with Gasteiger partial charge in [0, 0.05) is 26.2 Å². The summed E-state index contributed by atoms with van der Waals surface area (Å²) in [6.07, 6.45) is 0. The van der Waals surface area contributed by atoms with Crippen LogP contribution >= 0.6 is 0 Å². The summed E-state index contributed by atoms with van der Waals surface area (Å²) < 4.78 is 0. The zero-order chi connectivity index (χ0) is 18.3. The Morgan fingerprint density at radius 1 is 1.13 bits per heavy atom. The van der Waals surface area contributed by atoms with Crippen molar-refractivity contribution < 1.29 is 9.59 Å². The van der Waals surface area contributed by atoms with Crippen LogP contribution in [0, 0.1) is 5.41 Å². The molecule has 3 N–H and O–H groups in total. The Morgan fingerprint density at radius 2 is 1.70 bits per heavy atom. The maximum Gasteiger partial charge on any atom is 0.240 e. The Labute approximate surface area is 140 Å².